The Labute approximate surface area is 94.6 Å². The summed E-state index contributed by atoms with van der Waals surface area (Å²) in [7, 11) is 0. The second-order valence-electron chi connectivity index (χ2n) is 4.54. The van der Waals surface area contributed by atoms with E-state index in [2.05, 4.69) is 16.1 Å². The van der Waals surface area contributed by atoms with E-state index in [0.29, 0.717) is 6.54 Å². The lowest BCUT2D eigenvalue weighted by molar-refractivity contribution is -0.0500. The first-order valence-electron chi connectivity index (χ1n) is 5.07. The third kappa shape index (κ3) is 5.07. The summed E-state index contributed by atoms with van der Waals surface area (Å²) in [4.78, 5) is 0. The summed E-state index contributed by atoms with van der Waals surface area (Å²) in [6.45, 7) is 3.93. The Bertz CT molecular complexity index is 334. The van der Waals surface area contributed by atoms with Crippen LogP contribution in [-0.2, 0) is 6.54 Å². The van der Waals surface area contributed by atoms with Crippen molar-refractivity contribution in [2.45, 2.75) is 39.5 Å². The number of rotatable bonds is 4. The van der Waals surface area contributed by atoms with Crippen LogP contribution in [0.1, 0.15) is 26.3 Å². The largest absolute Gasteiger partial charge is 0.434 e. The zero-order valence-electron chi connectivity index (χ0n) is 9.68. The molecular weight excluding hydrogens is 212 g/mol. The fourth-order valence-electron chi connectivity index (χ4n) is 1.13. The third-order valence-corrected chi connectivity index (χ3v) is 1.88. The molecule has 0 bridgehead atoms. The van der Waals surface area contributed by atoms with Gasteiger partial charge in [-0.05, 0) is 32.4 Å². The Morgan fingerprint density at radius 3 is 2.69 bits per heavy atom. The number of hydrogen-bond donors (Lipinski definition) is 1. The van der Waals surface area contributed by atoms with Crippen molar-refractivity contribution in [2.24, 2.45) is 0 Å². The van der Waals surface area contributed by atoms with Gasteiger partial charge in [0.15, 0.2) is 0 Å². The van der Waals surface area contributed by atoms with Crippen molar-refractivity contribution in [1.82, 2.24) is 5.32 Å². The van der Waals surface area contributed by atoms with Crippen LogP contribution in [-0.4, -0.2) is 12.2 Å². The molecule has 89 valence electrons. The SMILES string of the molecule is CC(C)(C)NCc1cc[c]c(OC(F)F)c1. The average Bonchev–Trinajstić information content (AvgIpc) is 2.13. The zero-order chi connectivity index (χ0) is 12.2. The van der Waals surface area contributed by atoms with Gasteiger partial charge in [-0.25, -0.2) is 0 Å². The number of halogens is 2. The molecule has 0 aliphatic heterocycles. The Balaban J connectivity index is 2.60. The van der Waals surface area contributed by atoms with Crippen molar-refractivity contribution < 1.29 is 13.5 Å². The lowest BCUT2D eigenvalue weighted by atomic mass is 10.1. The lowest BCUT2D eigenvalue weighted by Gasteiger charge is -2.20. The highest BCUT2D eigenvalue weighted by molar-refractivity contribution is 5.27. The first kappa shape index (κ1) is 12.9. The molecule has 16 heavy (non-hydrogen) atoms. The molecule has 0 aliphatic carbocycles. The molecule has 1 aromatic rings. The molecule has 0 fully saturated rings. The smallest absolute Gasteiger partial charge is 0.387 e. The van der Waals surface area contributed by atoms with Crippen LogP contribution in [0.25, 0.3) is 0 Å². The van der Waals surface area contributed by atoms with Crippen LogP contribution in [0.4, 0.5) is 8.78 Å². The zero-order valence-corrected chi connectivity index (χ0v) is 9.68. The number of nitrogens with one attached hydrogen (secondary N) is 1. The highest BCUT2D eigenvalue weighted by atomic mass is 19.3. The Morgan fingerprint density at radius 2 is 2.12 bits per heavy atom. The summed E-state index contributed by atoms with van der Waals surface area (Å²) < 4.78 is 28.2. The molecule has 0 saturated carbocycles. The molecule has 0 amide bonds. The average molecular weight is 228 g/mol. The predicted octanol–water partition coefficient (Wildman–Crippen LogP) is 2.98. The molecule has 0 saturated heterocycles. The van der Waals surface area contributed by atoms with E-state index in [0.717, 1.165) is 5.56 Å². The normalized spacial score (nSPS) is 11.9. The molecule has 2 nitrogen and oxygen atoms in total. The van der Waals surface area contributed by atoms with Gasteiger partial charge in [-0.2, -0.15) is 8.78 Å². The molecule has 1 radical (unpaired) electrons. The van der Waals surface area contributed by atoms with Crippen LogP contribution >= 0.6 is 0 Å². The van der Waals surface area contributed by atoms with Gasteiger partial charge in [-0.3, -0.25) is 0 Å². The van der Waals surface area contributed by atoms with Crippen LogP contribution in [0.5, 0.6) is 5.75 Å². The molecular formula is C12H16F2NO. The van der Waals surface area contributed by atoms with Crippen molar-refractivity contribution in [3.8, 4) is 5.75 Å². The number of benzene rings is 1. The third-order valence-electron chi connectivity index (χ3n) is 1.88. The highest BCUT2D eigenvalue weighted by Crippen LogP contribution is 2.15. The van der Waals surface area contributed by atoms with Crippen molar-refractivity contribution in [3.63, 3.8) is 0 Å². The molecule has 0 spiro atoms. The van der Waals surface area contributed by atoms with E-state index < -0.39 is 6.61 Å². The first-order valence-corrected chi connectivity index (χ1v) is 5.07. The second-order valence-corrected chi connectivity index (χ2v) is 4.54. The van der Waals surface area contributed by atoms with Crippen molar-refractivity contribution in [3.05, 3.63) is 29.8 Å². The summed E-state index contributed by atoms with van der Waals surface area (Å²) >= 11 is 0. The molecule has 1 aromatic carbocycles. The first-order chi connectivity index (χ1) is 7.37. The Hall–Kier alpha value is -1.16. The van der Waals surface area contributed by atoms with Crippen molar-refractivity contribution in [1.29, 1.82) is 0 Å². The Kier molecular flexibility index (Phi) is 4.24. The maximum atomic E-state index is 12.0. The minimum Gasteiger partial charge on any atom is -0.434 e. The van der Waals surface area contributed by atoms with Crippen molar-refractivity contribution in [2.75, 3.05) is 0 Å². The van der Waals surface area contributed by atoms with Gasteiger partial charge >= 0.3 is 6.61 Å². The molecule has 0 aliphatic rings. The van der Waals surface area contributed by atoms with E-state index in [4.69, 9.17) is 0 Å². The second kappa shape index (κ2) is 5.25. The van der Waals surface area contributed by atoms with Crippen LogP contribution in [0, 0.1) is 6.07 Å². The van der Waals surface area contributed by atoms with Gasteiger partial charge in [0, 0.05) is 18.2 Å². The number of alkyl halides is 2. The highest BCUT2D eigenvalue weighted by Gasteiger charge is 2.09. The topological polar surface area (TPSA) is 21.3 Å². The fraction of sp³-hybridized carbons (Fsp3) is 0.500. The van der Waals surface area contributed by atoms with Crippen LogP contribution < -0.4 is 10.1 Å². The van der Waals surface area contributed by atoms with E-state index in [1.54, 1.807) is 12.1 Å². The predicted molar refractivity (Wildman–Crippen MR) is 58.5 cm³/mol. The standard InChI is InChI=1S/C12H16F2NO/c1-12(2,3)15-8-9-5-4-6-10(7-9)16-11(13)14/h4-5,7,11,15H,8H2,1-3H3. The summed E-state index contributed by atoms with van der Waals surface area (Å²) in [5.74, 6) is 0.0724. The summed E-state index contributed by atoms with van der Waals surface area (Å²) in [5, 5.41) is 3.26. The molecule has 1 rings (SSSR count). The molecule has 0 atom stereocenters. The van der Waals surface area contributed by atoms with Gasteiger partial charge in [-0.1, -0.05) is 12.1 Å². The van der Waals surface area contributed by atoms with Gasteiger partial charge < -0.3 is 10.1 Å². The van der Waals surface area contributed by atoms with Crippen LogP contribution in [0.15, 0.2) is 18.2 Å². The molecule has 0 aromatic heterocycles. The minimum atomic E-state index is -2.80. The quantitative estimate of drug-likeness (QED) is 0.855. The monoisotopic (exact) mass is 228 g/mol. The van der Waals surface area contributed by atoms with E-state index >= 15 is 0 Å². The maximum absolute atomic E-state index is 12.0. The van der Waals surface area contributed by atoms with Gasteiger partial charge in [0.25, 0.3) is 0 Å². The maximum Gasteiger partial charge on any atom is 0.387 e. The summed E-state index contributed by atoms with van der Waals surface area (Å²) in [5.41, 5.74) is 0.882. The molecule has 4 heteroatoms. The van der Waals surface area contributed by atoms with Gasteiger partial charge in [0.05, 0.1) is 0 Å². The van der Waals surface area contributed by atoms with E-state index in [1.165, 1.54) is 0 Å². The number of hydrogen-bond acceptors (Lipinski definition) is 2. The summed E-state index contributed by atoms with van der Waals surface area (Å²) in [6, 6.07) is 7.56. The molecule has 0 heterocycles. The van der Waals surface area contributed by atoms with Gasteiger partial charge in [-0.15, -0.1) is 0 Å². The van der Waals surface area contributed by atoms with Gasteiger partial charge in [0.1, 0.15) is 5.75 Å². The van der Waals surface area contributed by atoms with Crippen LogP contribution in [0.3, 0.4) is 0 Å². The van der Waals surface area contributed by atoms with E-state index in [-0.39, 0.29) is 11.3 Å². The number of ether oxygens (including phenoxy) is 1. The lowest BCUT2D eigenvalue weighted by Crippen LogP contribution is -2.35. The fourth-order valence-corrected chi connectivity index (χ4v) is 1.13. The minimum absolute atomic E-state index is 0.0106. The van der Waals surface area contributed by atoms with E-state index in [1.807, 2.05) is 26.8 Å². The van der Waals surface area contributed by atoms with Crippen molar-refractivity contribution >= 4 is 0 Å². The molecule has 1 N–H and O–H groups in total. The van der Waals surface area contributed by atoms with E-state index in [9.17, 15) is 8.78 Å². The molecule has 0 unspecified atom stereocenters. The summed E-state index contributed by atoms with van der Waals surface area (Å²) in [6.07, 6.45) is 0. The van der Waals surface area contributed by atoms with Gasteiger partial charge in [0.2, 0.25) is 0 Å². The Morgan fingerprint density at radius 1 is 1.44 bits per heavy atom. The van der Waals surface area contributed by atoms with Crippen LogP contribution in [0.2, 0.25) is 0 Å².